The minimum Gasteiger partial charge on any atom is -0.497 e. The van der Waals surface area contributed by atoms with E-state index in [-0.39, 0.29) is 6.04 Å². The molecular formula is C17H20ClNO2. The monoisotopic (exact) mass is 305 g/mol. The molecule has 0 saturated heterocycles. The molecule has 0 bridgehead atoms. The highest BCUT2D eigenvalue weighted by Gasteiger charge is 2.09. The Morgan fingerprint density at radius 3 is 2.57 bits per heavy atom. The second kappa shape index (κ2) is 7.34. The molecule has 21 heavy (non-hydrogen) atoms. The van der Waals surface area contributed by atoms with Gasteiger partial charge in [-0.3, -0.25) is 0 Å². The number of halogens is 1. The molecule has 1 N–H and O–H groups in total. The third kappa shape index (κ3) is 4.13. The van der Waals surface area contributed by atoms with Gasteiger partial charge in [0, 0.05) is 23.2 Å². The van der Waals surface area contributed by atoms with Crippen LogP contribution in [0.25, 0.3) is 0 Å². The Labute approximate surface area is 130 Å². The van der Waals surface area contributed by atoms with Crippen LogP contribution < -0.4 is 14.8 Å². The van der Waals surface area contributed by atoms with E-state index in [1.54, 1.807) is 14.2 Å². The van der Waals surface area contributed by atoms with Gasteiger partial charge in [-0.05, 0) is 42.8 Å². The quantitative estimate of drug-likeness (QED) is 0.867. The molecule has 0 amide bonds. The smallest absolute Gasteiger partial charge is 0.123 e. The predicted molar refractivity (Wildman–Crippen MR) is 86.3 cm³/mol. The van der Waals surface area contributed by atoms with Gasteiger partial charge in [0.2, 0.25) is 0 Å². The van der Waals surface area contributed by atoms with E-state index in [1.807, 2.05) is 36.4 Å². The fourth-order valence-electron chi connectivity index (χ4n) is 2.18. The minimum atomic E-state index is 0.194. The maximum atomic E-state index is 6.03. The molecule has 0 spiro atoms. The molecule has 0 aliphatic carbocycles. The molecule has 0 aromatic heterocycles. The average molecular weight is 306 g/mol. The molecule has 1 atom stereocenters. The van der Waals surface area contributed by atoms with Crippen LogP contribution in [0.2, 0.25) is 5.02 Å². The molecule has 0 aliphatic rings. The van der Waals surface area contributed by atoms with Crippen molar-refractivity contribution in [3.63, 3.8) is 0 Å². The van der Waals surface area contributed by atoms with Crippen LogP contribution in [-0.4, -0.2) is 14.2 Å². The molecule has 0 heterocycles. The predicted octanol–water partition coefficient (Wildman–Crippen LogP) is 4.21. The van der Waals surface area contributed by atoms with Gasteiger partial charge in [0.05, 0.1) is 14.2 Å². The van der Waals surface area contributed by atoms with Crippen molar-refractivity contribution in [2.45, 2.75) is 19.5 Å². The second-order valence-corrected chi connectivity index (χ2v) is 5.27. The number of rotatable bonds is 6. The Bertz CT molecular complexity index is 601. The summed E-state index contributed by atoms with van der Waals surface area (Å²) in [6, 6.07) is 13.9. The van der Waals surface area contributed by atoms with Gasteiger partial charge in [-0.25, -0.2) is 0 Å². The van der Waals surface area contributed by atoms with E-state index in [1.165, 1.54) is 0 Å². The first-order chi connectivity index (χ1) is 10.1. The number of hydrogen-bond acceptors (Lipinski definition) is 3. The summed E-state index contributed by atoms with van der Waals surface area (Å²) in [5.74, 6) is 1.67. The first-order valence-corrected chi connectivity index (χ1v) is 7.21. The lowest BCUT2D eigenvalue weighted by Gasteiger charge is -2.16. The van der Waals surface area contributed by atoms with Crippen molar-refractivity contribution in [2.75, 3.05) is 14.2 Å². The van der Waals surface area contributed by atoms with E-state index in [4.69, 9.17) is 21.1 Å². The van der Waals surface area contributed by atoms with Crippen LogP contribution in [-0.2, 0) is 6.54 Å². The van der Waals surface area contributed by atoms with E-state index in [0.29, 0.717) is 6.54 Å². The Morgan fingerprint density at radius 2 is 1.90 bits per heavy atom. The van der Waals surface area contributed by atoms with Gasteiger partial charge in [-0.1, -0.05) is 23.7 Å². The van der Waals surface area contributed by atoms with Crippen molar-refractivity contribution >= 4 is 11.6 Å². The zero-order valence-electron chi connectivity index (χ0n) is 12.5. The number of nitrogens with one attached hydrogen (secondary N) is 1. The van der Waals surface area contributed by atoms with Crippen LogP contribution in [0.3, 0.4) is 0 Å². The summed E-state index contributed by atoms with van der Waals surface area (Å²) in [6.45, 7) is 2.80. The Hall–Kier alpha value is -1.71. The number of methoxy groups -OCH3 is 2. The number of ether oxygens (including phenoxy) is 2. The molecule has 0 aliphatic heterocycles. The summed E-state index contributed by atoms with van der Waals surface area (Å²) < 4.78 is 10.6. The van der Waals surface area contributed by atoms with Gasteiger partial charge in [-0.2, -0.15) is 0 Å². The molecule has 4 heteroatoms. The van der Waals surface area contributed by atoms with Gasteiger partial charge in [0.1, 0.15) is 11.5 Å². The molecule has 3 nitrogen and oxygen atoms in total. The molecule has 0 saturated carbocycles. The van der Waals surface area contributed by atoms with Crippen molar-refractivity contribution in [1.29, 1.82) is 0 Å². The highest BCUT2D eigenvalue weighted by Crippen LogP contribution is 2.25. The highest BCUT2D eigenvalue weighted by atomic mass is 35.5. The summed E-state index contributed by atoms with van der Waals surface area (Å²) >= 11 is 6.03. The van der Waals surface area contributed by atoms with Crippen LogP contribution in [0.15, 0.2) is 42.5 Å². The summed E-state index contributed by atoms with van der Waals surface area (Å²) in [7, 11) is 3.33. The first kappa shape index (κ1) is 15.7. The molecule has 2 aromatic rings. The third-order valence-electron chi connectivity index (χ3n) is 3.43. The van der Waals surface area contributed by atoms with E-state index in [9.17, 15) is 0 Å². The van der Waals surface area contributed by atoms with Crippen molar-refractivity contribution in [1.82, 2.24) is 5.32 Å². The van der Waals surface area contributed by atoms with E-state index in [2.05, 4.69) is 18.3 Å². The average Bonchev–Trinajstić information content (AvgIpc) is 2.52. The van der Waals surface area contributed by atoms with Crippen LogP contribution in [0.1, 0.15) is 24.1 Å². The molecule has 0 radical (unpaired) electrons. The van der Waals surface area contributed by atoms with E-state index in [0.717, 1.165) is 27.6 Å². The van der Waals surface area contributed by atoms with Crippen LogP contribution >= 0.6 is 11.6 Å². The van der Waals surface area contributed by atoms with Crippen LogP contribution in [0, 0.1) is 0 Å². The van der Waals surface area contributed by atoms with Gasteiger partial charge < -0.3 is 14.8 Å². The SMILES string of the molecule is COc1ccc(OC)c(CNC(C)c2cccc(Cl)c2)c1. The molecule has 2 aromatic carbocycles. The van der Waals surface area contributed by atoms with E-state index < -0.39 is 0 Å². The molecule has 1 unspecified atom stereocenters. The van der Waals surface area contributed by atoms with Crippen molar-refractivity contribution in [2.24, 2.45) is 0 Å². The van der Waals surface area contributed by atoms with Crippen molar-refractivity contribution < 1.29 is 9.47 Å². The zero-order chi connectivity index (χ0) is 15.2. The normalized spacial score (nSPS) is 12.0. The summed E-state index contributed by atoms with van der Waals surface area (Å²) in [5.41, 5.74) is 2.22. The highest BCUT2D eigenvalue weighted by molar-refractivity contribution is 6.30. The van der Waals surface area contributed by atoms with Crippen molar-refractivity contribution in [3.05, 3.63) is 58.6 Å². The molecule has 0 fully saturated rings. The lowest BCUT2D eigenvalue weighted by Crippen LogP contribution is -2.18. The van der Waals surface area contributed by atoms with Crippen LogP contribution in [0.5, 0.6) is 11.5 Å². The maximum Gasteiger partial charge on any atom is 0.123 e. The van der Waals surface area contributed by atoms with Gasteiger partial charge in [0.15, 0.2) is 0 Å². The van der Waals surface area contributed by atoms with Gasteiger partial charge >= 0.3 is 0 Å². The summed E-state index contributed by atoms with van der Waals surface area (Å²) in [4.78, 5) is 0. The fraction of sp³-hybridized carbons (Fsp3) is 0.294. The number of benzene rings is 2. The van der Waals surface area contributed by atoms with Gasteiger partial charge in [0.25, 0.3) is 0 Å². The topological polar surface area (TPSA) is 30.5 Å². The van der Waals surface area contributed by atoms with Crippen molar-refractivity contribution in [3.8, 4) is 11.5 Å². The maximum absolute atomic E-state index is 6.03. The number of hydrogen-bond donors (Lipinski definition) is 1. The summed E-state index contributed by atoms with van der Waals surface area (Å²) in [6.07, 6.45) is 0. The molecular weight excluding hydrogens is 286 g/mol. The third-order valence-corrected chi connectivity index (χ3v) is 3.67. The molecule has 2 rings (SSSR count). The Kier molecular flexibility index (Phi) is 5.48. The standard InChI is InChI=1S/C17H20ClNO2/c1-12(13-5-4-6-15(18)9-13)19-11-14-10-16(20-2)7-8-17(14)21-3/h4-10,12,19H,11H2,1-3H3. The largest absolute Gasteiger partial charge is 0.497 e. The Balaban J connectivity index is 2.08. The second-order valence-electron chi connectivity index (χ2n) is 4.84. The fourth-order valence-corrected chi connectivity index (χ4v) is 2.38. The van der Waals surface area contributed by atoms with E-state index >= 15 is 0 Å². The van der Waals surface area contributed by atoms with Gasteiger partial charge in [-0.15, -0.1) is 0 Å². The Morgan fingerprint density at radius 1 is 1.10 bits per heavy atom. The first-order valence-electron chi connectivity index (χ1n) is 6.83. The lowest BCUT2D eigenvalue weighted by atomic mass is 10.1. The minimum absolute atomic E-state index is 0.194. The zero-order valence-corrected chi connectivity index (χ0v) is 13.3. The van der Waals surface area contributed by atoms with Crippen LogP contribution in [0.4, 0.5) is 0 Å². The lowest BCUT2D eigenvalue weighted by molar-refractivity contribution is 0.395. The summed E-state index contributed by atoms with van der Waals surface area (Å²) in [5, 5.41) is 4.22. The molecule has 112 valence electrons.